The van der Waals surface area contributed by atoms with E-state index in [1.54, 1.807) is 9.58 Å². The maximum atomic E-state index is 13.2. The lowest BCUT2D eigenvalue weighted by atomic mass is 10.0. The van der Waals surface area contributed by atoms with Gasteiger partial charge in [0, 0.05) is 12.5 Å². The second kappa shape index (κ2) is 6.35. The topological polar surface area (TPSA) is 81.2 Å². The Bertz CT molecular complexity index is 795. The second-order valence-corrected chi connectivity index (χ2v) is 6.89. The third-order valence-electron chi connectivity index (χ3n) is 5.04. The van der Waals surface area contributed by atoms with Gasteiger partial charge in [-0.15, -0.1) is 0 Å². The van der Waals surface area contributed by atoms with Gasteiger partial charge in [-0.25, -0.2) is 4.68 Å². The van der Waals surface area contributed by atoms with E-state index in [-0.39, 0.29) is 5.91 Å². The van der Waals surface area contributed by atoms with Crippen LogP contribution in [0.1, 0.15) is 54.2 Å². The van der Waals surface area contributed by atoms with Gasteiger partial charge in [0.15, 0.2) is 0 Å². The van der Waals surface area contributed by atoms with Gasteiger partial charge in [-0.3, -0.25) is 9.59 Å². The van der Waals surface area contributed by atoms with Gasteiger partial charge in [-0.1, -0.05) is 18.2 Å². The van der Waals surface area contributed by atoms with Crippen LogP contribution in [0.15, 0.2) is 36.4 Å². The molecule has 2 heterocycles. The van der Waals surface area contributed by atoms with E-state index in [0.29, 0.717) is 24.6 Å². The molecule has 0 spiro atoms. The molecule has 1 aromatic carbocycles. The predicted molar refractivity (Wildman–Crippen MR) is 93.4 cm³/mol. The van der Waals surface area contributed by atoms with Gasteiger partial charge in [0.2, 0.25) is 5.91 Å². The summed E-state index contributed by atoms with van der Waals surface area (Å²) in [6.45, 7) is 0.561. The molecule has 1 aliphatic heterocycles. The van der Waals surface area contributed by atoms with Crippen LogP contribution in [0.25, 0.3) is 5.69 Å². The Morgan fingerprint density at radius 2 is 1.84 bits per heavy atom. The lowest BCUT2D eigenvalue weighted by Crippen LogP contribution is -2.50. The highest BCUT2D eigenvalue weighted by Gasteiger charge is 2.35. The molecule has 1 saturated heterocycles. The summed E-state index contributed by atoms with van der Waals surface area (Å²) in [6, 6.07) is 11.0. The number of primary amides is 1. The van der Waals surface area contributed by atoms with Crippen LogP contribution in [0.5, 0.6) is 0 Å². The predicted octanol–water partition coefficient (Wildman–Crippen LogP) is 2.23. The normalized spacial score (nSPS) is 20.5. The Hall–Kier alpha value is -2.63. The van der Waals surface area contributed by atoms with Gasteiger partial charge >= 0.3 is 0 Å². The van der Waals surface area contributed by atoms with Crippen LogP contribution in [0, 0.1) is 0 Å². The first-order valence-electron chi connectivity index (χ1n) is 8.91. The molecule has 2 fully saturated rings. The van der Waals surface area contributed by atoms with Crippen molar-refractivity contribution >= 4 is 11.8 Å². The van der Waals surface area contributed by atoms with E-state index < -0.39 is 11.9 Å². The van der Waals surface area contributed by atoms with Gasteiger partial charge in [-0.05, 0) is 50.3 Å². The first-order chi connectivity index (χ1) is 12.1. The van der Waals surface area contributed by atoms with Gasteiger partial charge < -0.3 is 10.6 Å². The molecule has 2 N–H and O–H groups in total. The van der Waals surface area contributed by atoms with E-state index in [9.17, 15) is 9.59 Å². The van der Waals surface area contributed by atoms with Crippen LogP contribution in [0.4, 0.5) is 0 Å². The summed E-state index contributed by atoms with van der Waals surface area (Å²) in [5.41, 5.74) is 7.86. The molecule has 0 bridgehead atoms. The molecular weight excluding hydrogens is 316 g/mol. The fourth-order valence-corrected chi connectivity index (χ4v) is 3.51. The highest BCUT2D eigenvalue weighted by molar-refractivity contribution is 5.96. The SMILES string of the molecule is NC(=O)[C@@H]1CCCCN1C(=O)c1cc(C2CC2)nn1-c1ccccc1. The Kier molecular flexibility index (Phi) is 4.03. The number of carbonyl (C=O) groups is 2. The van der Waals surface area contributed by atoms with Crippen LogP contribution in [-0.4, -0.2) is 39.1 Å². The number of nitrogens with two attached hydrogens (primary N) is 1. The third-order valence-corrected chi connectivity index (χ3v) is 5.04. The first kappa shape index (κ1) is 15.9. The lowest BCUT2D eigenvalue weighted by Gasteiger charge is -2.33. The molecule has 1 aromatic heterocycles. The molecule has 1 aliphatic carbocycles. The molecular formula is C19H22N4O2. The fourth-order valence-electron chi connectivity index (χ4n) is 3.51. The van der Waals surface area contributed by atoms with E-state index in [0.717, 1.165) is 37.1 Å². The molecule has 4 rings (SSSR count). The summed E-state index contributed by atoms with van der Waals surface area (Å²) in [5, 5.41) is 4.68. The van der Waals surface area contributed by atoms with Crippen LogP contribution >= 0.6 is 0 Å². The van der Waals surface area contributed by atoms with Crippen LogP contribution in [0.3, 0.4) is 0 Å². The minimum Gasteiger partial charge on any atom is -0.368 e. The summed E-state index contributed by atoms with van der Waals surface area (Å²) in [6.07, 6.45) is 4.68. The summed E-state index contributed by atoms with van der Waals surface area (Å²) in [5.74, 6) is -0.141. The summed E-state index contributed by atoms with van der Waals surface area (Å²) in [7, 11) is 0. The van der Waals surface area contributed by atoms with Gasteiger partial charge in [0.05, 0.1) is 11.4 Å². The quantitative estimate of drug-likeness (QED) is 0.928. The van der Waals surface area contributed by atoms with Crippen molar-refractivity contribution in [3.05, 3.63) is 47.8 Å². The van der Waals surface area contributed by atoms with Crippen molar-refractivity contribution in [3.63, 3.8) is 0 Å². The Morgan fingerprint density at radius 1 is 1.08 bits per heavy atom. The number of carbonyl (C=O) groups excluding carboxylic acids is 2. The van der Waals surface area contributed by atoms with Crippen molar-refractivity contribution < 1.29 is 9.59 Å². The number of hydrogen-bond donors (Lipinski definition) is 1. The first-order valence-corrected chi connectivity index (χ1v) is 8.91. The van der Waals surface area contributed by atoms with Crippen LogP contribution in [0.2, 0.25) is 0 Å². The van der Waals surface area contributed by atoms with Crippen molar-refractivity contribution in [2.45, 2.75) is 44.1 Å². The zero-order chi connectivity index (χ0) is 17.4. The molecule has 25 heavy (non-hydrogen) atoms. The molecule has 1 saturated carbocycles. The number of rotatable bonds is 4. The van der Waals surface area contributed by atoms with Crippen molar-refractivity contribution in [2.24, 2.45) is 5.73 Å². The molecule has 2 aromatic rings. The van der Waals surface area contributed by atoms with E-state index in [1.165, 1.54) is 0 Å². The van der Waals surface area contributed by atoms with E-state index in [1.807, 2.05) is 36.4 Å². The molecule has 0 unspecified atom stereocenters. The van der Waals surface area contributed by atoms with Gasteiger partial charge in [0.25, 0.3) is 5.91 Å². The molecule has 1 atom stereocenters. The highest BCUT2D eigenvalue weighted by atomic mass is 16.2. The summed E-state index contributed by atoms with van der Waals surface area (Å²) in [4.78, 5) is 26.6. The maximum absolute atomic E-state index is 13.2. The number of nitrogens with zero attached hydrogens (tertiary/aromatic N) is 3. The minimum atomic E-state index is -0.523. The molecule has 6 nitrogen and oxygen atoms in total. The third kappa shape index (κ3) is 3.04. The Morgan fingerprint density at radius 3 is 2.52 bits per heavy atom. The molecule has 6 heteroatoms. The van der Waals surface area contributed by atoms with Crippen LogP contribution in [-0.2, 0) is 4.79 Å². The van der Waals surface area contributed by atoms with Crippen molar-refractivity contribution in [1.29, 1.82) is 0 Å². The monoisotopic (exact) mass is 338 g/mol. The van der Waals surface area contributed by atoms with Crippen molar-refractivity contribution in [2.75, 3.05) is 6.54 Å². The number of benzene rings is 1. The standard InChI is InChI=1S/C19H22N4O2/c20-18(24)16-8-4-5-11-22(16)19(25)17-12-15(13-9-10-13)21-23(17)14-6-2-1-3-7-14/h1-3,6-7,12-13,16H,4-5,8-11H2,(H2,20,24)/t16-/m0/s1. The summed E-state index contributed by atoms with van der Waals surface area (Å²) >= 11 is 0. The Labute approximate surface area is 146 Å². The maximum Gasteiger partial charge on any atom is 0.273 e. The zero-order valence-electron chi connectivity index (χ0n) is 14.1. The van der Waals surface area contributed by atoms with Gasteiger partial charge in [0.1, 0.15) is 11.7 Å². The smallest absolute Gasteiger partial charge is 0.273 e. The zero-order valence-corrected chi connectivity index (χ0v) is 14.1. The fraction of sp³-hybridized carbons (Fsp3) is 0.421. The lowest BCUT2D eigenvalue weighted by molar-refractivity contribution is -0.123. The van der Waals surface area contributed by atoms with E-state index >= 15 is 0 Å². The number of para-hydroxylation sites is 1. The summed E-state index contributed by atoms with van der Waals surface area (Å²) < 4.78 is 1.71. The highest BCUT2D eigenvalue weighted by Crippen LogP contribution is 2.40. The minimum absolute atomic E-state index is 0.160. The number of likely N-dealkylation sites (tertiary alicyclic amines) is 1. The largest absolute Gasteiger partial charge is 0.368 e. The molecule has 130 valence electrons. The van der Waals surface area contributed by atoms with E-state index in [2.05, 4.69) is 5.10 Å². The van der Waals surface area contributed by atoms with Crippen molar-refractivity contribution in [1.82, 2.24) is 14.7 Å². The average molecular weight is 338 g/mol. The number of piperidine rings is 1. The molecule has 2 aliphatic rings. The van der Waals surface area contributed by atoms with E-state index in [4.69, 9.17) is 5.73 Å². The number of amides is 2. The van der Waals surface area contributed by atoms with Crippen molar-refractivity contribution in [3.8, 4) is 5.69 Å². The Balaban J connectivity index is 1.73. The second-order valence-electron chi connectivity index (χ2n) is 6.89. The number of aromatic nitrogens is 2. The molecule has 2 amide bonds. The number of hydrogen-bond acceptors (Lipinski definition) is 3. The van der Waals surface area contributed by atoms with Gasteiger partial charge in [-0.2, -0.15) is 5.10 Å². The average Bonchev–Trinajstić information content (AvgIpc) is 3.40. The van der Waals surface area contributed by atoms with Crippen LogP contribution < -0.4 is 5.73 Å². The molecule has 0 radical (unpaired) electrons.